The normalized spacial score (nSPS) is 15.5. The van der Waals surface area contributed by atoms with Crippen LogP contribution in [-0.4, -0.2) is 45.9 Å². The van der Waals surface area contributed by atoms with Crippen molar-refractivity contribution in [3.05, 3.63) is 39.2 Å². The Kier molecular flexibility index (Phi) is 4.78. The molecule has 3 heterocycles. The molecule has 26 heavy (non-hydrogen) atoms. The molecule has 0 radical (unpaired) electrons. The smallest absolute Gasteiger partial charge is 0.365 e. The summed E-state index contributed by atoms with van der Waals surface area (Å²) in [4.78, 5) is 23.1. The highest BCUT2D eigenvalue weighted by Gasteiger charge is 2.34. The minimum Gasteiger partial charge on any atom is -0.365 e. The van der Waals surface area contributed by atoms with Gasteiger partial charge < -0.3 is 9.80 Å². The fourth-order valence-corrected chi connectivity index (χ4v) is 3.05. The minimum atomic E-state index is -4.52. The van der Waals surface area contributed by atoms with Crippen molar-refractivity contribution in [3.63, 3.8) is 0 Å². The molecule has 1 fully saturated rings. The van der Waals surface area contributed by atoms with Gasteiger partial charge in [-0.3, -0.25) is 4.79 Å². The number of aryl methyl sites for hydroxylation is 2. The molecule has 2 aromatic heterocycles. The first-order valence-corrected chi connectivity index (χ1v) is 8.19. The Hall–Kier alpha value is -2.36. The number of aromatic nitrogens is 4. The van der Waals surface area contributed by atoms with Gasteiger partial charge in [-0.05, 0) is 6.92 Å². The van der Waals surface area contributed by atoms with Gasteiger partial charge in [-0.15, -0.1) is 0 Å². The van der Waals surface area contributed by atoms with Crippen molar-refractivity contribution < 1.29 is 13.2 Å². The van der Waals surface area contributed by atoms with Crippen molar-refractivity contribution in [1.29, 1.82) is 0 Å². The van der Waals surface area contributed by atoms with E-state index in [4.69, 9.17) is 11.6 Å². The molecule has 1 saturated heterocycles. The third-order valence-corrected chi connectivity index (χ3v) is 4.47. The fraction of sp³-hybridized carbons (Fsp3) is 0.467. The molecule has 0 spiro atoms. The second-order valence-corrected chi connectivity index (χ2v) is 6.28. The molecule has 0 atom stereocenters. The monoisotopic (exact) mass is 388 g/mol. The van der Waals surface area contributed by atoms with Crippen LogP contribution < -0.4 is 15.4 Å². The topological polar surface area (TPSA) is 67.2 Å². The summed E-state index contributed by atoms with van der Waals surface area (Å²) in [5.41, 5.74) is -0.835. The van der Waals surface area contributed by atoms with Gasteiger partial charge >= 0.3 is 6.18 Å². The standard InChI is InChI=1S/C15H16ClF3N6O/c1-9-21-11(15(17,18)19)7-12(22-9)25-5-3-24(4-6-25)10-8-20-23(2)14(26)13(10)16/h7-8H,3-6H2,1-2H3. The minimum absolute atomic E-state index is 0.0658. The molecule has 11 heteroatoms. The summed E-state index contributed by atoms with van der Waals surface area (Å²) in [6, 6.07) is 0.954. The quantitative estimate of drug-likeness (QED) is 0.782. The first-order valence-electron chi connectivity index (χ1n) is 7.81. The Morgan fingerprint density at radius 3 is 2.35 bits per heavy atom. The van der Waals surface area contributed by atoms with Crippen LogP contribution in [0.15, 0.2) is 17.1 Å². The second-order valence-electron chi connectivity index (χ2n) is 5.90. The number of halogens is 4. The van der Waals surface area contributed by atoms with E-state index in [1.807, 2.05) is 4.90 Å². The summed E-state index contributed by atoms with van der Waals surface area (Å²) in [6.07, 6.45) is -3.01. The number of hydrogen-bond acceptors (Lipinski definition) is 6. The molecule has 2 aromatic rings. The van der Waals surface area contributed by atoms with Gasteiger partial charge in [-0.25, -0.2) is 14.6 Å². The molecule has 1 aliphatic heterocycles. The average molecular weight is 389 g/mol. The van der Waals surface area contributed by atoms with Crippen LogP contribution >= 0.6 is 11.6 Å². The van der Waals surface area contributed by atoms with E-state index in [9.17, 15) is 18.0 Å². The van der Waals surface area contributed by atoms with Gasteiger partial charge in [0.05, 0.1) is 11.9 Å². The molecule has 0 N–H and O–H groups in total. The zero-order valence-electron chi connectivity index (χ0n) is 14.1. The van der Waals surface area contributed by atoms with E-state index in [1.165, 1.54) is 20.2 Å². The number of rotatable bonds is 2. The maximum atomic E-state index is 12.9. The lowest BCUT2D eigenvalue weighted by Crippen LogP contribution is -2.47. The van der Waals surface area contributed by atoms with E-state index in [0.717, 1.165) is 10.7 Å². The van der Waals surface area contributed by atoms with Crippen molar-refractivity contribution >= 4 is 23.1 Å². The van der Waals surface area contributed by atoms with Crippen LogP contribution in [0.5, 0.6) is 0 Å². The van der Waals surface area contributed by atoms with Gasteiger partial charge in [0.25, 0.3) is 5.56 Å². The fourth-order valence-electron chi connectivity index (χ4n) is 2.76. The lowest BCUT2D eigenvalue weighted by molar-refractivity contribution is -0.141. The molecule has 3 rings (SSSR count). The van der Waals surface area contributed by atoms with E-state index < -0.39 is 17.4 Å². The lowest BCUT2D eigenvalue weighted by Gasteiger charge is -2.36. The largest absolute Gasteiger partial charge is 0.433 e. The molecule has 0 aromatic carbocycles. The zero-order valence-corrected chi connectivity index (χ0v) is 14.8. The summed E-state index contributed by atoms with van der Waals surface area (Å²) in [5.74, 6) is 0.300. The van der Waals surface area contributed by atoms with E-state index in [1.54, 1.807) is 4.90 Å². The van der Waals surface area contributed by atoms with Crippen LogP contribution in [-0.2, 0) is 13.2 Å². The van der Waals surface area contributed by atoms with Gasteiger partial charge in [0.15, 0.2) is 0 Å². The van der Waals surface area contributed by atoms with Gasteiger partial charge in [-0.1, -0.05) is 11.6 Å². The maximum Gasteiger partial charge on any atom is 0.433 e. The molecule has 1 aliphatic rings. The lowest BCUT2D eigenvalue weighted by atomic mass is 10.2. The Morgan fingerprint density at radius 2 is 1.73 bits per heavy atom. The van der Waals surface area contributed by atoms with Crippen molar-refractivity contribution in [2.24, 2.45) is 7.05 Å². The van der Waals surface area contributed by atoms with Crippen LogP contribution in [0.25, 0.3) is 0 Å². The molecule has 140 valence electrons. The Balaban J connectivity index is 1.78. The zero-order chi connectivity index (χ0) is 19.1. The highest BCUT2D eigenvalue weighted by molar-refractivity contribution is 6.33. The van der Waals surface area contributed by atoms with Crippen molar-refractivity contribution in [1.82, 2.24) is 19.7 Å². The maximum absolute atomic E-state index is 12.9. The van der Waals surface area contributed by atoms with Gasteiger partial charge in [-0.2, -0.15) is 18.3 Å². The summed E-state index contributed by atoms with van der Waals surface area (Å²) in [5, 5.41) is 4.04. The van der Waals surface area contributed by atoms with Gasteiger partial charge in [0.1, 0.15) is 22.4 Å². The number of nitrogens with zero attached hydrogens (tertiary/aromatic N) is 6. The van der Waals surface area contributed by atoms with Crippen LogP contribution in [0, 0.1) is 6.92 Å². The van der Waals surface area contributed by atoms with Crippen molar-refractivity contribution in [3.8, 4) is 0 Å². The molecule has 7 nitrogen and oxygen atoms in total. The molecule has 0 bridgehead atoms. The third-order valence-electron chi connectivity index (χ3n) is 4.12. The van der Waals surface area contributed by atoms with Crippen LogP contribution in [0.2, 0.25) is 5.02 Å². The number of hydrogen-bond donors (Lipinski definition) is 0. The van der Waals surface area contributed by atoms with E-state index in [2.05, 4.69) is 15.1 Å². The molecule has 0 aliphatic carbocycles. The van der Waals surface area contributed by atoms with Crippen molar-refractivity contribution in [2.75, 3.05) is 36.0 Å². The SMILES string of the molecule is Cc1nc(N2CCN(c3cnn(C)c(=O)c3Cl)CC2)cc(C(F)(F)F)n1. The van der Waals surface area contributed by atoms with Crippen LogP contribution in [0.4, 0.5) is 24.7 Å². The van der Waals surface area contributed by atoms with Crippen molar-refractivity contribution in [2.45, 2.75) is 13.1 Å². The Morgan fingerprint density at radius 1 is 1.12 bits per heavy atom. The van der Waals surface area contributed by atoms with E-state index >= 15 is 0 Å². The van der Waals surface area contributed by atoms with Gasteiger partial charge in [0.2, 0.25) is 0 Å². The molecular formula is C15H16ClF3N6O. The third kappa shape index (κ3) is 3.59. The molecule has 0 amide bonds. The average Bonchev–Trinajstić information content (AvgIpc) is 2.59. The summed E-state index contributed by atoms with van der Waals surface area (Å²) >= 11 is 6.10. The summed E-state index contributed by atoms with van der Waals surface area (Å²) in [6.45, 7) is 3.23. The van der Waals surface area contributed by atoms with Gasteiger partial charge in [0, 0.05) is 39.3 Å². The number of anilines is 2. The van der Waals surface area contributed by atoms with E-state index in [-0.39, 0.29) is 16.7 Å². The van der Waals surface area contributed by atoms with E-state index in [0.29, 0.717) is 31.9 Å². The second kappa shape index (κ2) is 6.75. The highest BCUT2D eigenvalue weighted by atomic mass is 35.5. The number of alkyl halides is 3. The predicted octanol–water partition coefficient (Wildman–Crippen LogP) is 1.88. The highest BCUT2D eigenvalue weighted by Crippen LogP contribution is 2.30. The Bertz CT molecular complexity index is 877. The van der Waals surface area contributed by atoms with Crippen LogP contribution in [0.3, 0.4) is 0 Å². The van der Waals surface area contributed by atoms with Crippen LogP contribution in [0.1, 0.15) is 11.5 Å². The Labute approximate surface area is 152 Å². The molecule has 0 unspecified atom stereocenters. The molecule has 0 saturated carbocycles. The summed E-state index contributed by atoms with van der Waals surface area (Å²) < 4.78 is 40.0. The first kappa shape index (κ1) is 18.4. The predicted molar refractivity (Wildman–Crippen MR) is 90.7 cm³/mol. The summed E-state index contributed by atoms with van der Waals surface area (Å²) in [7, 11) is 1.51. The molecular weight excluding hydrogens is 373 g/mol. The first-order chi connectivity index (χ1) is 12.2. The number of piperazine rings is 1.